The molecular weight excluding hydrogens is 445 g/mol. The number of benzene rings is 2. The van der Waals surface area contributed by atoms with Gasteiger partial charge in [0.1, 0.15) is 17.3 Å². The van der Waals surface area contributed by atoms with E-state index in [1.165, 1.54) is 25.3 Å². The molecule has 3 aromatic rings. The summed E-state index contributed by atoms with van der Waals surface area (Å²) in [7, 11) is 1.47. The molecule has 0 saturated carbocycles. The summed E-state index contributed by atoms with van der Waals surface area (Å²) in [6.45, 7) is 1.88. The van der Waals surface area contributed by atoms with E-state index in [0.717, 1.165) is 5.56 Å². The lowest BCUT2D eigenvalue weighted by atomic mass is 9.88. The number of carbonyl (C=O) groups excluding carboxylic acids is 1. The molecule has 1 aliphatic rings. The van der Waals surface area contributed by atoms with Crippen molar-refractivity contribution in [2.75, 3.05) is 20.4 Å². The number of fused-ring (bicyclic) bond motifs is 1. The maximum Gasteiger partial charge on any atom is 0.343 e. The number of hydrogen-bond donors (Lipinski definition) is 2. The lowest BCUT2D eigenvalue weighted by molar-refractivity contribution is -0.121. The fraction of sp³-hybridized carbons (Fsp3) is 0.280. The van der Waals surface area contributed by atoms with Crippen molar-refractivity contribution in [3.05, 3.63) is 81.2 Å². The summed E-state index contributed by atoms with van der Waals surface area (Å²) in [6, 6.07) is 10.7. The highest BCUT2D eigenvalue weighted by molar-refractivity contribution is 5.78. The van der Waals surface area contributed by atoms with Crippen LogP contribution >= 0.6 is 0 Å². The van der Waals surface area contributed by atoms with Crippen LogP contribution < -0.4 is 25.2 Å². The molecule has 1 unspecified atom stereocenters. The standard InChI is InChI=1S/C25H24FNO7/c1-14-9-19(28)23(25(30)34-14)18(16-10-20(31-2)24-21(11-16)32-13-33-24)12-22(29)27-8-7-15-3-5-17(26)6-4-15/h3-6,9-11,18,28H,7-8,12-13H2,1-2H3,(H,27,29). The van der Waals surface area contributed by atoms with Gasteiger partial charge in [0.25, 0.3) is 0 Å². The summed E-state index contributed by atoms with van der Waals surface area (Å²) in [4.78, 5) is 25.5. The van der Waals surface area contributed by atoms with E-state index in [4.69, 9.17) is 18.6 Å². The van der Waals surface area contributed by atoms with Gasteiger partial charge >= 0.3 is 5.63 Å². The monoisotopic (exact) mass is 469 g/mol. The lowest BCUT2D eigenvalue weighted by Crippen LogP contribution is -2.28. The number of aryl methyl sites for hydroxylation is 1. The van der Waals surface area contributed by atoms with Crippen LogP contribution in [0.25, 0.3) is 0 Å². The molecule has 178 valence electrons. The van der Waals surface area contributed by atoms with E-state index in [1.54, 1.807) is 31.2 Å². The Labute approximate surface area is 194 Å². The summed E-state index contributed by atoms with van der Waals surface area (Å²) in [5, 5.41) is 13.4. The number of ether oxygens (including phenoxy) is 3. The largest absolute Gasteiger partial charge is 0.507 e. The van der Waals surface area contributed by atoms with Gasteiger partial charge in [-0.1, -0.05) is 12.1 Å². The molecule has 9 heteroatoms. The first-order chi connectivity index (χ1) is 16.4. The average Bonchev–Trinajstić information content (AvgIpc) is 3.27. The highest BCUT2D eigenvalue weighted by Crippen LogP contribution is 2.45. The van der Waals surface area contributed by atoms with E-state index in [1.807, 2.05) is 0 Å². The van der Waals surface area contributed by atoms with Gasteiger partial charge in [0.2, 0.25) is 18.4 Å². The van der Waals surface area contributed by atoms with Gasteiger partial charge < -0.3 is 29.1 Å². The van der Waals surface area contributed by atoms with Crippen LogP contribution in [0.2, 0.25) is 0 Å². The number of halogens is 1. The molecular formula is C25H24FNO7. The molecule has 2 aromatic carbocycles. The van der Waals surface area contributed by atoms with Gasteiger partial charge in [0.15, 0.2) is 11.5 Å². The lowest BCUT2D eigenvalue weighted by Gasteiger charge is -2.19. The van der Waals surface area contributed by atoms with Crippen molar-refractivity contribution in [1.29, 1.82) is 0 Å². The van der Waals surface area contributed by atoms with Crippen LogP contribution in [0.5, 0.6) is 23.0 Å². The molecule has 0 spiro atoms. The number of nitrogens with one attached hydrogen (secondary N) is 1. The third-order valence-corrected chi connectivity index (χ3v) is 5.56. The van der Waals surface area contributed by atoms with Crippen molar-refractivity contribution in [2.45, 2.75) is 25.7 Å². The van der Waals surface area contributed by atoms with E-state index in [-0.39, 0.29) is 42.0 Å². The van der Waals surface area contributed by atoms with Crippen molar-refractivity contribution in [2.24, 2.45) is 0 Å². The highest BCUT2D eigenvalue weighted by Gasteiger charge is 2.29. The van der Waals surface area contributed by atoms with Gasteiger partial charge in [-0.2, -0.15) is 0 Å². The predicted molar refractivity (Wildman–Crippen MR) is 120 cm³/mol. The van der Waals surface area contributed by atoms with Crippen molar-refractivity contribution in [3.63, 3.8) is 0 Å². The van der Waals surface area contributed by atoms with Crippen molar-refractivity contribution >= 4 is 5.91 Å². The second-order valence-corrected chi connectivity index (χ2v) is 7.88. The van der Waals surface area contributed by atoms with Crippen LogP contribution in [0, 0.1) is 12.7 Å². The number of hydrogen-bond acceptors (Lipinski definition) is 7. The summed E-state index contributed by atoms with van der Waals surface area (Å²) >= 11 is 0. The average molecular weight is 469 g/mol. The van der Waals surface area contributed by atoms with Gasteiger partial charge in [0.05, 0.1) is 12.7 Å². The number of carbonyl (C=O) groups is 1. The topological polar surface area (TPSA) is 107 Å². The summed E-state index contributed by atoms with van der Waals surface area (Å²) in [6.07, 6.45) is 0.361. The van der Waals surface area contributed by atoms with Crippen molar-refractivity contribution in [3.8, 4) is 23.0 Å². The number of methoxy groups -OCH3 is 1. The Kier molecular flexibility index (Phi) is 6.72. The number of rotatable bonds is 8. The van der Waals surface area contributed by atoms with Gasteiger partial charge in [-0.05, 0) is 48.7 Å². The Morgan fingerprint density at radius 3 is 2.68 bits per heavy atom. The zero-order valence-electron chi connectivity index (χ0n) is 18.7. The second-order valence-electron chi connectivity index (χ2n) is 7.88. The smallest absolute Gasteiger partial charge is 0.343 e. The van der Waals surface area contributed by atoms with E-state index in [0.29, 0.717) is 35.8 Å². The first kappa shape index (κ1) is 23.2. The quantitative estimate of drug-likeness (QED) is 0.521. The molecule has 0 radical (unpaired) electrons. The van der Waals surface area contributed by atoms with E-state index in [2.05, 4.69) is 5.32 Å². The normalized spacial score (nSPS) is 12.9. The van der Waals surface area contributed by atoms with Crippen LogP contribution in [0.4, 0.5) is 4.39 Å². The maximum atomic E-state index is 13.1. The third kappa shape index (κ3) is 4.98. The fourth-order valence-electron chi connectivity index (χ4n) is 3.92. The molecule has 2 N–H and O–H groups in total. The minimum absolute atomic E-state index is 0.0155. The molecule has 1 amide bonds. The molecule has 34 heavy (non-hydrogen) atoms. The van der Waals surface area contributed by atoms with Crippen molar-refractivity contribution in [1.82, 2.24) is 5.32 Å². The summed E-state index contributed by atoms with van der Waals surface area (Å²) in [5.41, 5.74) is 0.607. The molecule has 1 aromatic heterocycles. The Balaban J connectivity index is 1.61. The van der Waals surface area contributed by atoms with Crippen LogP contribution in [0.3, 0.4) is 0 Å². The third-order valence-electron chi connectivity index (χ3n) is 5.56. The van der Waals surface area contributed by atoms with E-state index in [9.17, 15) is 19.1 Å². The Morgan fingerprint density at radius 2 is 1.97 bits per heavy atom. The minimum atomic E-state index is -0.842. The molecule has 1 aliphatic heterocycles. The first-order valence-corrected chi connectivity index (χ1v) is 10.7. The highest BCUT2D eigenvalue weighted by atomic mass is 19.1. The minimum Gasteiger partial charge on any atom is -0.507 e. The van der Waals surface area contributed by atoms with Gasteiger partial charge in [0, 0.05) is 24.9 Å². The molecule has 8 nitrogen and oxygen atoms in total. The molecule has 0 fully saturated rings. The molecule has 0 bridgehead atoms. The van der Waals surface area contributed by atoms with Crippen LogP contribution in [0.15, 0.2) is 51.7 Å². The second kappa shape index (κ2) is 9.86. The molecule has 0 aliphatic carbocycles. The number of aromatic hydroxyl groups is 1. The van der Waals surface area contributed by atoms with Crippen LogP contribution in [0.1, 0.15) is 34.8 Å². The molecule has 0 saturated heterocycles. The molecule has 2 heterocycles. The van der Waals surface area contributed by atoms with E-state index >= 15 is 0 Å². The Morgan fingerprint density at radius 1 is 1.21 bits per heavy atom. The van der Waals surface area contributed by atoms with E-state index < -0.39 is 11.5 Å². The van der Waals surface area contributed by atoms with Gasteiger partial charge in [-0.25, -0.2) is 9.18 Å². The van der Waals surface area contributed by atoms with Crippen LogP contribution in [-0.2, 0) is 11.2 Å². The van der Waals surface area contributed by atoms with Gasteiger partial charge in [-0.15, -0.1) is 0 Å². The zero-order chi connectivity index (χ0) is 24.2. The summed E-state index contributed by atoms with van der Waals surface area (Å²) < 4.78 is 34.6. The predicted octanol–water partition coefficient (Wildman–Crippen LogP) is 3.41. The molecule has 4 rings (SSSR count). The van der Waals surface area contributed by atoms with Crippen LogP contribution in [-0.4, -0.2) is 31.5 Å². The SMILES string of the molecule is COc1cc(C(CC(=O)NCCc2ccc(F)cc2)c2c(O)cc(C)oc2=O)cc2c1OCO2. The zero-order valence-corrected chi connectivity index (χ0v) is 18.7. The Bertz CT molecular complexity index is 1250. The maximum absolute atomic E-state index is 13.1. The first-order valence-electron chi connectivity index (χ1n) is 10.7. The summed E-state index contributed by atoms with van der Waals surface area (Å²) in [5.74, 6) is -0.323. The Hall–Kier alpha value is -4.01. The number of amides is 1. The van der Waals surface area contributed by atoms with Crippen molar-refractivity contribution < 1.29 is 32.9 Å². The molecule has 1 atom stereocenters. The van der Waals surface area contributed by atoms with Gasteiger partial charge in [-0.3, -0.25) is 4.79 Å². The fourth-order valence-corrected chi connectivity index (χ4v) is 3.92.